The van der Waals surface area contributed by atoms with Crippen LogP contribution in [0.5, 0.6) is 0 Å². The lowest BCUT2D eigenvalue weighted by molar-refractivity contribution is 0.668. The molecular formula is C132H85N3O3S3. The van der Waals surface area contributed by atoms with Crippen LogP contribution in [0.2, 0.25) is 0 Å². The number of para-hydroxylation sites is 7. The molecule has 6 aromatic heterocycles. The molecule has 6 nitrogen and oxygen atoms in total. The SMILES string of the molecule is c1ccc(-c2ccc(-c3ccccc3N(c3ccccc3-c3cccc4sc5ccccc5c34)c3cccc4oc5ccccc5c34)cc2)cc1.c1ccc(-c2ccc(N(c3ccccc3-c3cccc4sc5ccccc5c34)c3cccc4oc5ccccc5c34)cc2)cc1.c1ccc(-c2cccc(N(c3ccccc3-c3cccc4sc5ccccc5c34)c3cccc4oc5ccccc5c34)c2)cc1. The highest BCUT2D eigenvalue weighted by molar-refractivity contribution is 7.26. The van der Waals surface area contributed by atoms with Gasteiger partial charge in [-0.2, -0.15) is 0 Å². The molecule has 6 heterocycles. The second-order valence-corrected chi connectivity index (χ2v) is 38.7. The van der Waals surface area contributed by atoms with Crippen molar-refractivity contribution < 1.29 is 13.3 Å². The van der Waals surface area contributed by atoms with Crippen LogP contribution in [-0.2, 0) is 0 Å². The summed E-state index contributed by atoms with van der Waals surface area (Å²) in [6.07, 6.45) is 0. The van der Waals surface area contributed by atoms with Crippen LogP contribution >= 0.6 is 34.0 Å². The Hall–Kier alpha value is -17.7. The Balaban J connectivity index is 0.000000109. The zero-order valence-electron chi connectivity index (χ0n) is 76.4. The molecule has 0 unspecified atom stereocenters. The van der Waals surface area contributed by atoms with Gasteiger partial charge in [0.15, 0.2) is 0 Å². The molecule has 664 valence electrons. The number of fused-ring (bicyclic) bond motifs is 18. The first kappa shape index (κ1) is 83.9. The lowest BCUT2D eigenvalue weighted by atomic mass is 9.95. The monoisotopic (exact) mass is 1860 g/mol. The third-order valence-corrected chi connectivity index (χ3v) is 30.7. The molecule has 0 bridgehead atoms. The first-order valence-electron chi connectivity index (χ1n) is 47.6. The second-order valence-electron chi connectivity index (χ2n) is 35.4. The predicted octanol–water partition coefficient (Wildman–Crippen LogP) is 39.9. The maximum Gasteiger partial charge on any atom is 0.137 e. The molecule has 141 heavy (non-hydrogen) atoms. The van der Waals surface area contributed by atoms with Crippen molar-refractivity contribution >= 4 is 212 Å². The number of thiophene rings is 3. The molecule has 0 radical (unpaired) electrons. The Bertz CT molecular complexity index is 9610. The van der Waals surface area contributed by atoms with E-state index in [1.807, 2.05) is 52.2 Å². The van der Waals surface area contributed by atoms with Gasteiger partial charge in [0.2, 0.25) is 0 Å². The standard InChI is InChI=1S/C48H31NOS.2C42H27NOS/c1-2-14-32(15-3-1)33-28-30-34(31-29-33)35-16-4-8-21-40(35)49(42-23-13-25-44-48(42)38-18-6-10-24-43(38)50-44)41-22-9-5-17-36(41)37-20-12-27-46-47(37)39-19-7-11-26-45(39)51-46;1-2-13-28(14-3-1)29-15-10-16-30(27-29)43(36-22-12-24-38-42(36)33-18-5-8-23-37(33)44-38)35-21-7-4-17-31(35)32-20-11-26-40-41(32)34-19-6-9-25-39(34)45-40;1-2-12-28(13-3-1)29-24-26-30(27-25-29)43(36-19-11-21-38-42(36)33-15-5-8-20-37(33)44-38)35-18-7-4-14-31(35)32-17-10-23-40-41(32)34-16-6-9-22-39(34)45-40/h1-31H;2*1-27H. The van der Waals surface area contributed by atoms with Crippen LogP contribution in [0.4, 0.5) is 51.2 Å². The van der Waals surface area contributed by atoms with E-state index in [1.54, 1.807) is 0 Å². The molecule has 0 atom stereocenters. The Morgan fingerprint density at radius 1 is 0.135 bits per heavy atom. The van der Waals surface area contributed by atoms with Gasteiger partial charge < -0.3 is 28.0 Å². The molecule has 0 aliphatic rings. The van der Waals surface area contributed by atoms with Gasteiger partial charge in [-0.25, -0.2) is 0 Å². The van der Waals surface area contributed by atoms with Gasteiger partial charge in [-0.3, -0.25) is 0 Å². The molecule has 0 amide bonds. The van der Waals surface area contributed by atoms with E-state index >= 15 is 0 Å². The maximum atomic E-state index is 6.47. The highest BCUT2D eigenvalue weighted by atomic mass is 32.1. The number of furan rings is 3. The molecular weight excluding hydrogens is 1770 g/mol. The summed E-state index contributed by atoms with van der Waals surface area (Å²) in [4.78, 5) is 7.27. The van der Waals surface area contributed by atoms with E-state index in [-0.39, 0.29) is 0 Å². The van der Waals surface area contributed by atoms with E-state index in [4.69, 9.17) is 13.3 Å². The molecule has 9 heteroatoms. The van der Waals surface area contributed by atoms with Crippen LogP contribution in [0, 0.1) is 0 Å². The maximum absolute atomic E-state index is 6.47. The molecule has 0 saturated carbocycles. The highest BCUT2D eigenvalue weighted by Gasteiger charge is 2.30. The van der Waals surface area contributed by atoms with Crippen molar-refractivity contribution in [1.29, 1.82) is 0 Å². The summed E-state index contributed by atoms with van der Waals surface area (Å²) in [5, 5.41) is 14.4. The van der Waals surface area contributed by atoms with Crippen molar-refractivity contribution in [3.05, 3.63) is 516 Å². The quantitative estimate of drug-likeness (QED) is 0.0961. The number of hydrogen-bond acceptors (Lipinski definition) is 9. The highest BCUT2D eigenvalue weighted by Crippen LogP contribution is 2.55. The molecule has 28 aromatic rings. The van der Waals surface area contributed by atoms with Crippen molar-refractivity contribution in [3.63, 3.8) is 0 Å². The van der Waals surface area contributed by atoms with Gasteiger partial charge in [0.25, 0.3) is 0 Å². The van der Waals surface area contributed by atoms with Crippen LogP contribution in [0.3, 0.4) is 0 Å². The van der Waals surface area contributed by atoms with Crippen molar-refractivity contribution in [2.24, 2.45) is 0 Å². The molecule has 0 spiro atoms. The number of anilines is 9. The van der Waals surface area contributed by atoms with Crippen LogP contribution < -0.4 is 14.7 Å². The molecule has 22 aromatic carbocycles. The molecule has 0 aliphatic carbocycles. The largest absolute Gasteiger partial charge is 0.456 e. The van der Waals surface area contributed by atoms with Gasteiger partial charge in [-0.05, 0) is 195 Å². The summed E-state index contributed by atoms with van der Waals surface area (Å²) >= 11 is 5.57. The summed E-state index contributed by atoms with van der Waals surface area (Å²) in [6, 6.07) is 184. The van der Waals surface area contributed by atoms with Crippen LogP contribution in [0.25, 0.3) is 204 Å². The first-order valence-corrected chi connectivity index (χ1v) is 50.1. The molecule has 28 rings (SSSR count). The summed E-state index contributed by atoms with van der Waals surface area (Å²) in [5.41, 5.74) is 31.8. The van der Waals surface area contributed by atoms with Crippen molar-refractivity contribution in [2.75, 3.05) is 14.7 Å². The van der Waals surface area contributed by atoms with E-state index in [9.17, 15) is 0 Å². The lowest BCUT2D eigenvalue weighted by Gasteiger charge is -2.30. The van der Waals surface area contributed by atoms with Crippen molar-refractivity contribution in [1.82, 2.24) is 0 Å². The Morgan fingerprint density at radius 3 is 0.787 bits per heavy atom. The lowest BCUT2D eigenvalue weighted by Crippen LogP contribution is -2.13. The summed E-state index contributed by atoms with van der Waals surface area (Å²) < 4.78 is 27.0. The van der Waals surface area contributed by atoms with Gasteiger partial charge in [0.1, 0.15) is 33.5 Å². The van der Waals surface area contributed by atoms with Crippen molar-refractivity contribution in [2.45, 2.75) is 0 Å². The average molecular weight is 1860 g/mol. The fraction of sp³-hybridized carbons (Fsp3) is 0. The molecule has 0 N–H and O–H groups in total. The van der Waals surface area contributed by atoms with Crippen LogP contribution in [0.1, 0.15) is 0 Å². The van der Waals surface area contributed by atoms with Crippen molar-refractivity contribution in [3.8, 4) is 77.9 Å². The Labute approximate surface area is 826 Å². The number of nitrogens with zero attached hydrogens (tertiary/aromatic N) is 3. The third-order valence-electron chi connectivity index (χ3n) is 27.3. The average Bonchev–Trinajstić information content (AvgIpc) is 1.66. The molecule has 0 aliphatic heterocycles. The van der Waals surface area contributed by atoms with Crippen LogP contribution in [0.15, 0.2) is 529 Å². The minimum Gasteiger partial charge on any atom is -0.456 e. The van der Waals surface area contributed by atoms with Gasteiger partial charge in [-0.15, -0.1) is 34.0 Å². The molecule has 0 fully saturated rings. The van der Waals surface area contributed by atoms with Crippen LogP contribution in [-0.4, -0.2) is 0 Å². The number of hydrogen-bond donors (Lipinski definition) is 0. The van der Waals surface area contributed by atoms with E-state index in [2.05, 4.69) is 512 Å². The van der Waals surface area contributed by atoms with E-state index in [0.717, 1.165) is 128 Å². The minimum atomic E-state index is 0.867. The van der Waals surface area contributed by atoms with E-state index < -0.39 is 0 Å². The van der Waals surface area contributed by atoms with Gasteiger partial charge in [-0.1, -0.05) is 376 Å². The molecule has 0 saturated heterocycles. The normalized spacial score (nSPS) is 11.5. The Morgan fingerprint density at radius 2 is 0.383 bits per heavy atom. The van der Waals surface area contributed by atoms with E-state index in [1.165, 1.54) is 127 Å². The number of rotatable bonds is 16. The van der Waals surface area contributed by atoms with E-state index in [0.29, 0.717) is 0 Å². The number of benzene rings is 22. The topological polar surface area (TPSA) is 49.1 Å². The zero-order chi connectivity index (χ0) is 93.2. The summed E-state index contributed by atoms with van der Waals surface area (Å²) in [5.74, 6) is 0. The fourth-order valence-electron chi connectivity index (χ4n) is 21.0. The smallest absolute Gasteiger partial charge is 0.137 e. The zero-order valence-corrected chi connectivity index (χ0v) is 78.8. The minimum absolute atomic E-state index is 0.867. The fourth-order valence-corrected chi connectivity index (χ4v) is 24.4. The first-order chi connectivity index (χ1) is 70.0. The third kappa shape index (κ3) is 15.1. The van der Waals surface area contributed by atoms with Gasteiger partial charge >= 0.3 is 0 Å². The summed E-state index contributed by atoms with van der Waals surface area (Å²) in [6.45, 7) is 0. The predicted molar refractivity (Wildman–Crippen MR) is 602 cm³/mol. The second kappa shape index (κ2) is 36.1. The summed E-state index contributed by atoms with van der Waals surface area (Å²) in [7, 11) is 0. The van der Waals surface area contributed by atoms with Gasteiger partial charge in [0.05, 0.1) is 56.0 Å². The Kier molecular flexibility index (Phi) is 21.5. The van der Waals surface area contributed by atoms with Gasteiger partial charge in [0, 0.05) is 110 Å².